The molecular formula is C30H30FN7O2S2. The number of hydrogen-bond donors (Lipinski definition) is 1. The minimum absolute atomic E-state index is 0.253. The smallest absolute Gasteiger partial charge is 0.152 e. The van der Waals surface area contributed by atoms with Crippen LogP contribution in [0.5, 0.6) is 0 Å². The van der Waals surface area contributed by atoms with Crippen molar-refractivity contribution in [3.8, 4) is 0 Å². The molecule has 2 aromatic carbocycles. The molecule has 0 aliphatic heterocycles. The molecule has 1 unspecified atom stereocenters. The van der Waals surface area contributed by atoms with Crippen LogP contribution in [0.4, 0.5) is 15.9 Å². The number of nitrogens with one attached hydrogen (secondary N) is 1. The van der Waals surface area contributed by atoms with E-state index in [0.29, 0.717) is 19.7 Å². The van der Waals surface area contributed by atoms with Gasteiger partial charge in [-0.1, -0.05) is 12.1 Å². The molecule has 42 heavy (non-hydrogen) atoms. The van der Waals surface area contributed by atoms with Crippen LogP contribution in [0, 0.1) is 5.82 Å². The lowest BCUT2D eigenvalue weighted by atomic mass is 9.94. The number of thiophene rings is 1. The first-order valence-electron chi connectivity index (χ1n) is 13.6. The van der Waals surface area contributed by atoms with Gasteiger partial charge in [-0.15, -0.1) is 11.3 Å². The standard InChI is InChI=1S/C30H30FN7O2S2/c1-4-34-37(12-13-40-42(3)39)25-11-9-24-27-29(32-18-33-30(27)41-28(24)19(25)2)36-23-8-10-26-21(15-23)16-35-38(26)17-20-6-5-7-22(31)14-20/h4-8,10,14-16,18H,9,11-13,17H2,1-3H3,(H,32,33,36)/b34-4-. The lowest BCUT2D eigenvalue weighted by molar-refractivity contribution is 0.261. The first-order valence-corrected chi connectivity index (χ1v) is 15.9. The quantitative estimate of drug-likeness (QED) is 0.149. The van der Waals surface area contributed by atoms with Crippen molar-refractivity contribution < 1.29 is 12.8 Å². The molecule has 12 heteroatoms. The number of anilines is 2. The molecular weight excluding hydrogens is 574 g/mol. The zero-order valence-electron chi connectivity index (χ0n) is 23.5. The largest absolute Gasteiger partial charge is 0.340 e. The molecule has 216 valence electrons. The van der Waals surface area contributed by atoms with Crippen LogP contribution in [0.25, 0.3) is 26.7 Å². The monoisotopic (exact) mass is 603 g/mol. The normalized spacial score (nSPS) is 14.2. The fourth-order valence-electron chi connectivity index (χ4n) is 5.39. The SMILES string of the molecule is C/C=N\N(CCOS(C)=O)C1=C(C)c2sc3ncnc(Nc4ccc5c(cnn5Cc5cccc(F)c5)c4)c3c2CC1. The van der Waals surface area contributed by atoms with E-state index in [0.717, 1.165) is 62.3 Å². The van der Waals surface area contributed by atoms with Crippen LogP contribution in [0.1, 0.15) is 36.3 Å². The van der Waals surface area contributed by atoms with E-state index >= 15 is 0 Å². The third-order valence-corrected chi connectivity index (χ3v) is 8.98. The highest BCUT2D eigenvalue weighted by molar-refractivity contribution is 7.79. The zero-order chi connectivity index (χ0) is 29.2. The van der Waals surface area contributed by atoms with Gasteiger partial charge in [0.15, 0.2) is 11.1 Å². The van der Waals surface area contributed by atoms with Crippen LogP contribution in [0.15, 0.2) is 65.8 Å². The van der Waals surface area contributed by atoms with Gasteiger partial charge in [-0.25, -0.2) is 18.6 Å². The molecule has 6 rings (SSSR count). The maximum Gasteiger partial charge on any atom is 0.152 e. The lowest BCUT2D eigenvalue weighted by Crippen LogP contribution is -2.25. The number of rotatable bonds is 10. The summed E-state index contributed by atoms with van der Waals surface area (Å²) in [5.74, 6) is 0.513. The van der Waals surface area contributed by atoms with Crippen LogP contribution in [-0.2, 0) is 28.2 Å². The van der Waals surface area contributed by atoms with E-state index < -0.39 is 11.1 Å². The van der Waals surface area contributed by atoms with Crippen LogP contribution in [0.3, 0.4) is 0 Å². The fraction of sp³-hybridized carbons (Fsp3) is 0.267. The molecule has 0 bridgehead atoms. The minimum atomic E-state index is -1.31. The molecule has 1 aliphatic carbocycles. The molecule has 0 amide bonds. The van der Waals surface area contributed by atoms with Crippen LogP contribution in [0.2, 0.25) is 0 Å². The number of fused-ring (bicyclic) bond motifs is 4. The number of hydrazone groups is 1. The summed E-state index contributed by atoms with van der Waals surface area (Å²) >= 11 is 0.347. The van der Waals surface area contributed by atoms with E-state index in [9.17, 15) is 8.60 Å². The van der Waals surface area contributed by atoms with Gasteiger partial charge in [0.2, 0.25) is 0 Å². The Labute approximate surface area is 249 Å². The van der Waals surface area contributed by atoms with Gasteiger partial charge in [0.25, 0.3) is 0 Å². The highest BCUT2D eigenvalue weighted by Gasteiger charge is 2.26. The second-order valence-corrected chi connectivity index (χ2v) is 12.0. The molecule has 0 saturated heterocycles. The van der Waals surface area contributed by atoms with Crippen molar-refractivity contribution in [3.05, 3.63) is 82.5 Å². The molecule has 1 atom stereocenters. The van der Waals surface area contributed by atoms with Crippen LogP contribution < -0.4 is 5.32 Å². The number of aryl methyl sites for hydroxylation is 1. The molecule has 3 heterocycles. The molecule has 5 aromatic rings. The number of halogens is 1. The van der Waals surface area contributed by atoms with Crippen molar-refractivity contribution in [1.29, 1.82) is 0 Å². The number of nitrogens with zero attached hydrogens (tertiary/aromatic N) is 6. The third-order valence-electron chi connectivity index (χ3n) is 7.22. The first kappa shape index (κ1) is 28.1. The fourth-order valence-corrected chi connectivity index (χ4v) is 6.91. The summed E-state index contributed by atoms with van der Waals surface area (Å²) in [5, 5.41) is 16.6. The summed E-state index contributed by atoms with van der Waals surface area (Å²) < 4.78 is 32.2. The molecule has 0 spiro atoms. The highest BCUT2D eigenvalue weighted by atomic mass is 32.2. The Hall–Kier alpha value is -4.00. The van der Waals surface area contributed by atoms with Gasteiger partial charge >= 0.3 is 0 Å². The van der Waals surface area contributed by atoms with Gasteiger partial charge in [0.05, 0.1) is 36.8 Å². The predicted molar refractivity (Wildman–Crippen MR) is 168 cm³/mol. The number of allylic oxidation sites excluding steroid dienone is 2. The number of benzene rings is 2. The Morgan fingerprint density at radius 1 is 1.24 bits per heavy atom. The molecule has 1 N–H and O–H groups in total. The topological polar surface area (TPSA) is 97.5 Å². The van der Waals surface area contributed by atoms with Gasteiger partial charge in [0, 0.05) is 34.1 Å². The van der Waals surface area contributed by atoms with E-state index in [-0.39, 0.29) is 5.82 Å². The molecule has 1 aliphatic rings. The molecule has 0 saturated carbocycles. The summed E-state index contributed by atoms with van der Waals surface area (Å²) in [6.07, 6.45) is 8.34. The van der Waals surface area contributed by atoms with E-state index in [1.54, 1.807) is 29.9 Å². The lowest BCUT2D eigenvalue weighted by Gasteiger charge is -2.27. The van der Waals surface area contributed by atoms with Gasteiger partial charge in [-0.2, -0.15) is 10.2 Å². The third kappa shape index (κ3) is 5.69. The van der Waals surface area contributed by atoms with Crippen molar-refractivity contribution in [1.82, 2.24) is 24.8 Å². The maximum atomic E-state index is 13.7. The Morgan fingerprint density at radius 3 is 2.93 bits per heavy atom. The average molecular weight is 604 g/mol. The summed E-state index contributed by atoms with van der Waals surface area (Å²) in [6, 6.07) is 12.7. The molecule has 0 radical (unpaired) electrons. The Bertz CT molecular complexity index is 1860. The molecule has 9 nitrogen and oxygen atoms in total. The van der Waals surface area contributed by atoms with Crippen molar-refractivity contribution in [2.24, 2.45) is 5.10 Å². The van der Waals surface area contributed by atoms with Crippen LogP contribution >= 0.6 is 11.3 Å². The van der Waals surface area contributed by atoms with E-state index in [4.69, 9.17) is 4.18 Å². The summed E-state index contributed by atoms with van der Waals surface area (Å²) in [7, 11) is 0. The van der Waals surface area contributed by atoms with Gasteiger partial charge in [-0.3, -0.25) is 13.9 Å². The maximum absolute atomic E-state index is 13.7. The van der Waals surface area contributed by atoms with E-state index in [1.807, 2.05) is 47.1 Å². The zero-order valence-corrected chi connectivity index (χ0v) is 25.1. The highest BCUT2D eigenvalue weighted by Crippen LogP contribution is 2.44. The summed E-state index contributed by atoms with van der Waals surface area (Å²) in [6.45, 7) is 5.34. The second-order valence-electron chi connectivity index (χ2n) is 9.93. The summed E-state index contributed by atoms with van der Waals surface area (Å²) in [5.41, 5.74) is 6.23. The molecule has 3 aromatic heterocycles. The van der Waals surface area contributed by atoms with E-state index in [1.165, 1.54) is 28.8 Å². The number of hydrogen-bond acceptors (Lipinski definition) is 9. The van der Waals surface area contributed by atoms with Crippen LogP contribution in [-0.4, -0.2) is 54.6 Å². The van der Waals surface area contributed by atoms with Gasteiger partial charge in [0.1, 0.15) is 22.8 Å². The summed E-state index contributed by atoms with van der Waals surface area (Å²) in [4.78, 5) is 11.3. The second kappa shape index (κ2) is 12.1. The number of aromatic nitrogens is 4. The Balaban J connectivity index is 1.28. The van der Waals surface area contributed by atoms with Crippen molar-refractivity contribution in [3.63, 3.8) is 0 Å². The van der Waals surface area contributed by atoms with Gasteiger partial charge in [-0.05, 0) is 73.7 Å². The minimum Gasteiger partial charge on any atom is -0.340 e. The predicted octanol–water partition coefficient (Wildman–Crippen LogP) is 6.27. The van der Waals surface area contributed by atoms with Crippen molar-refractivity contribution >= 4 is 66.8 Å². The van der Waals surface area contributed by atoms with Gasteiger partial charge < -0.3 is 5.32 Å². The Morgan fingerprint density at radius 2 is 2.12 bits per heavy atom. The first-order chi connectivity index (χ1) is 20.4. The average Bonchev–Trinajstić information content (AvgIpc) is 3.55. The van der Waals surface area contributed by atoms with Crippen molar-refractivity contribution in [2.75, 3.05) is 24.7 Å². The van der Waals surface area contributed by atoms with E-state index in [2.05, 4.69) is 32.4 Å². The Kier molecular flexibility index (Phi) is 8.09. The molecule has 0 fully saturated rings. The van der Waals surface area contributed by atoms with Crippen molar-refractivity contribution in [2.45, 2.75) is 33.2 Å².